The van der Waals surface area contributed by atoms with E-state index in [9.17, 15) is 4.79 Å². The molecule has 1 aromatic heterocycles. The second-order valence-electron chi connectivity index (χ2n) is 6.91. The minimum absolute atomic E-state index is 0.302. The standard InChI is InChI=1S/C22H21ClN4O2/c1-4-29-21(28)18-14(3)24-22-25-20(16-9-11-17(23)12-10-16)26-27(22)19(18)15-7-5-13(2)6-8-15/h5-12,19H,4H2,1-3H3,(H,24,25,26). The number of esters is 1. The van der Waals surface area contributed by atoms with Gasteiger partial charge in [-0.15, -0.1) is 5.10 Å². The summed E-state index contributed by atoms with van der Waals surface area (Å²) in [4.78, 5) is 17.4. The van der Waals surface area contributed by atoms with Crippen molar-refractivity contribution in [1.29, 1.82) is 0 Å². The van der Waals surface area contributed by atoms with E-state index >= 15 is 0 Å². The van der Waals surface area contributed by atoms with E-state index in [0.29, 0.717) is 34.7 Å². The average molecular weight is 409 g/mol. The molecule has 1 aliphatic rings. The van der Waals surface area contributed by atoms with Gasteiger partial charge < -0.3 is 10.1 Å². The highest BCUT2D eigenvalue weighted by atomic mass is 35.5. The Labute approximate surface area is 174 Å². The SMILES string of the molecule is CCOC(=O)C1=C(C)Nc2nc(-c3ccc(Cl)cc3)nn2C1c1ccc(C)cc1. The number of benzene rings is 2. The van der Waals surface area contributed by atoms with E-state index in [0.717, 1.165) is 16.7 Å². The Bertz CT molecular complexity index is 1090. The molecule has 0 radical (unpaired) electrons. The van der Waals surface area contributed by atoms with Gasteiger partial charge in [0.1, 0.15) is 6.04 Å². The van der Waals surface area contributed by atoms with Gasteiger partial charge in [-0.25, -0.2) is 9.48 Å². The molecule has 0 saturated carbocycles. The number of nitrogens with zero attached hydrogens (tertiary/aromatic N) is 3. The van der Waals surface area contributed by atoms with Gasteiger partial charge in [-0.3, -0.25) is 0 Å². The summed E-state index contributed by atoms with van der Waals surface area (Å²) < 4.78 is 7.08. The van der Waals surface area contributed by atoms with Crippen molar-refractivity contribution in [2.24, 2.45) is 0 Å². The monoisotopic (exact) mass is 408 g/mol. The van der Waals surface area contributed by atoms with Gasteiger partial charge in [0.25, 0.3) is 0 Å². The second kappa shape index (κ2) is 7.72. The van der Waals surface area contributed by atoms with E-state index in [-0.39, 0.29) is 5.97 Å². The number of halogens is 1. The molecule has 2 heterocycles. The highest BCUT2D eigenvalue weighted by Gasteiger charge is 2.35. The molecule has 0 saturated heterocycles. The second-order valence-corrected chi connectivity index (χ2v) is 7.34. The molecule has 2 aromatic carbocycles. The zero-order valence-corrected chi connectivity index (χ0v) is 17.2. The van der Waals surface area contributed by atoms with Crippen LogP contribution in [0.15, 0.2) is 59.8 Å². The molecule has 0 aliphatic carbocycles. The van der Waals surface area contributed by atoms with Gasteiger partial charge >= 0.3 is 5.97 Å². The molecule has 1 N–H and O–H groups in total. The molecule has 4 rings (SSSR count). The van der Waals surface area contributed by atoms with E-state index in [1.54, 1.807) is 23.7 Å². The van der Waals surface area contributed by atoms with E-state index in [2.05, 4.69) is 10.3 Å². The smallest absolute Gasteiger partial charge is 0.338 e. The van der Waals surface area contributed by atoms with Gasteiger partial charge in [-0.2, -0.15) is 4.98 Å². The lowest BCUT2D eigenvalue weighted by Gasteiger charge is -2.28. The molecule has 29 heavy (non-hydrogen) atoms. The molecule has 0 amide bonds. The first-order valence-electron chi connectivity index (χ1n) is 9.42. The Balaban J connectivity index is 1.85. The topological polar surface area (TPSA) is 69.0 Å². The van der Waals surface area contributed by atoms with Gasteiger partial charge in [0, 0.05) is 16.3 Å². The fraction of sp³-hybridized carbons (Fsp3) is 0.227. The minimum atomic E-state index is -0.431. The number of carbonyl (C=O) groups excluding carboxylic acids is 1. The van der Waals surface area contributed by atoms with Crippen molar-refractivity contribution in [3.8, 4) is 11.4 Å². The van der Waals surface area contributed by atoms with E-state index in [1.165, 1.54) is 0 Å². The predicted octanol–water partition coefficient (Wildman–Crippen LogP) is 4.76. The van der Waals surface area contributed by atoms with Crippen molar-refractivity contribution in [1.82, 2.24) is 14.8 Å². The number of carbonyl (C=O) groups is 1. The van der Waals surface area contributed by atoms with Gasteiger partial charge in [0.2, 0.25) is 5.95 Å². The van der Waals surface area contributed by atoms with Crippen LogP contribution in [0.25, 0.3) is 11.4 Å². The molecule has 6 nitrogen and oxygen atoms in total. The summed E-state index contributed by atoms with van der Waals surface area (Å²) in [6.07, 6.45) is 0. The molecule has 0 bridgehead atoms. The number of hydrogen-bond donors (Lipinski definition) is 1. The van der Waals surface area contributed by atoms with Crippen LogP contribution in [0.2, 0.25) is 5.02 Å². The number of aromatic nitrogens is 3. The number of rotatable bonds is 4. The third-order valence-corrected chi connectivity index (χ3v) is 5.10. The highest BCUT2D eigenvalue weighted by molar-refractivity contribution is 6.30. The van der Waals surface area contributed by atoms with Crippen LogP contribution in [-0.2, 0) is 9.53 Å². The lowest BCUT2D eigenvalue weighted by Crippen LogP contribution is -2.29. The van der Waals surface area contributed by atoms with Crippen LogP contribution in [-0.4, -0.2) is 27.3 Å². The minimum Gasteiger partial charge on any atom is -0.463 e. The van der Waals surface area contributed by atoms with Crippen LogP contribution in [0, 0.1) is 6.92 Å². The van der Waals surface area contributed by atoms with Crippen LogP contribution in [0.1, 0.15) is 31.0 Å². The molecule has 0 fully saturated rings. The molecule has 1 unspecified atom stereocenters. The Kier molecular flexibility index (Phi) is 5.11. The number of fused-ring (bicyclic) bond motifs is 1. The van der Waals surface area contributed by atoms with Crippen molar-refractivity contribution in [3.05, 3.63) is 76.0 Å². The summed E-state index contributed by atoms with van der Waals surface area (Å²) >= 11 is 6.00. The molecule has 148 valence electrons. The van der Waals surface area contributed by atoms with Gasteiger partial charge in [-0.05, 0) is 50.6 Å². The lowest BCUT2D eigenvalue weighted by atomic mass is 9.95. The van der Waals surface area contributed by atoms with Gasteiger partial charge in [-0.1, -0.05) is 41.4 Å². The number of aryl methyl sites for hydroxylation is 1. The number of nitrogens with one attached hydrogen (secondary N) is 1. The maximum Gasteiger partial charge on any atom is 0.338 e. The summed E-state index contributed by atoms with van der Waals surface area (Å²) in [5.74, 6) is 0.766. The highest BCUT2D eigenvalue weighted by Crippen LogP contribution is 2.37. The first-order valence-corrected chi connectivity index (χ1v) is 9.79. The summed E-state index contributed by atoms with van der Waals surface area (Å²) in [5, 5.41) is 8.57. The van der Waals surface area contributed by atoms with Crippen molar-refractivity contribution in [2.75, 3.05) is 11.9 Å². The number of allylic oxidation sites excluding steroid dienone is 1. The zero-order valence-electron chi connectivity index (χ0n) is 16.4. The number of ether oxygens (including phenoxy) is 1. The Hall–Kier alpha value is -3.12. The summed E-state index contributed by atoms with van der Waals surface area (Å²) in [6, 6.07) is 15.0. The molecule has 1 aliphatic heterocycles. The Morgan fingerprint density at radius 1 is 1.14 bits per heavy atom. The quantitative estimate of drug-likeness (QED) is 0.630. The first-order chi connectivity index (χ1) is 14.0. The van der Waals surface area contributed by atoms with Crippen LogP contribution in [0.5, 0.6) is 0 Å². The lowest BCUT2D eigenvalue weighted by molar-refractivity contribution is -0.139. The van der Waals surface area contributed by atoms with Crippen molar-refractivity contribution >= 4 is 23.5 Å². The van der Waals surface area contributed by atoms with Crippen LogP contribution >= 0.6 is 11.6 Å². The third kappa shape index (κ3) is 3.63. The zero-order chi connectivity index (χ0) is 20.5. The summed E-state index contributed by atoms with van der Waals surface area (Å²) in [5.41, 5.74) is 4.15. The van der Waals surface area contributed by atoms with Crippen LogP contribution in [0.3, 0.4) is 0 Å². The molecule has 3 aromatic rings. The predicted molar refractivity (Wildman–Crippen MR) is 113 cm³/mol. The molecule has 7 heteroatoms. The van der Waals surface area contributed by atoms with Crippen molar-refractivity contribution < 1.29 is 9.53 Å². The van der Waals surface area contributed by atoms with E-state index < -0.39 is 6.04 Å². The largest absolute Gasteiger partial charge is 0.463 e. The Morgan fingerprint density at radius 2 is 1.83 bits per heavy atom. The molecular weight excluding hydrogens is 388 g/mol. The fourth-order valence-corrected chi connectivity index (χ4v) is 3.53. The maximum absolute atomic E-state index is 12.8. The van der Waals surface area contributed by atoms with Crippen LogP contribution in [0.4, 0.5) is 5.95 Å². The molecule has 0 spiro atoms. The van der Waals surface area contributed by atoms with E-state index in [4.69, 9.17) is 21.4 Å². The van der Waals surface area contributed by atoms with Crippen molar-refractivity contribution in [3.63, 3.8) is 0 Å². The number of hydrogen-bond acceptors (Lipinski definition) is 5. The van der Waals surface area contributed by atoms with Gasteiger partial charge in [0.15, 0.2) is 5.82 Å². The Morgan fingerprint density at radius 3 is 2.48 bits per heavy atom. The van der Waals surface area contributed by atoms with Gasteiger partial charge in [0.05, 0.1) is 12.2 Å². The average Bonchev–Trinajstić information content (AvgIpc) is 3.12. The van der Waals surface area contributed by atoms with E-state index in [1.807, 2.05) is 50.2 Å². The fourth-order valence-electron chi connectivity index (χ4n) is 3.40. The first kappa shape index (κ1) is 19.2. The third-order valence-electron chi connectivity index (χ3n) is 4.84. The summed E-state index contributed by atoms with van der Waals surface area (Å²) in [7, 11) is 0. The number of anilines is 1. The molecule has 1 atom stereocenters. The molecular formula is C22H21ClN4O2. The maximum atomic E-state index is 12.8. The normalized spacial score (nSPS) is 15.7. The van der Waals surface area contributed by atoms with Crippen molar-refractivity contribution in [2.45, 2.75) is 26.8 Å². The van der Waals surface area contributed by atoms with Crippen LogP contribution < -0.4 is 5.32 Å². The summed E-state index contributed by atoms with van der Waals surface area (Å²) in [6.45, 7) is 5.98.